The van der Waals surface area contributed by atoms with Crippen LogP contribution in [0.5, 0.6) is 0 Å². The first kappa shape index (κ1) is 13.3. The van der Waals surface area contributed by atoms with Crippen LogP contribution in [-0.4, -0.2) is 29.6 Å². The van der Waals surface area contributed by atoms with E-state index >= 15 is 0 Å². The minimum absolute atomic E-state index is 0.0246. The molecule has 0 amide bonds. The van der Waals surface area contributed by atoms with Gasteiger partial charge in [0.2, 0.25) is 0 Å². The molecular weight excluding hydrogens is 241 g/mol. The van der Waals surface area contributed by atoms with E-state index in [-0.39, 0.29) is 11.6 Å². The summed E-state index contributed by atoms with van der Waals surface area (Å²) in [6.07, 6.45) is 1.59. The SMILES string of the molecule is CN1CC(F)CCC1c1ccc(C(C)(F)F)cn1. The predicted octanol–water partition coefficient (Wildman–Crippen LogP) is 3.30. The fraction of sp³-hybridized carbons (Fsp3) is 0.615. The highest BCUT2D eigenvalue weighted by Gasteiger charge is 2.29. The number of hydrogen-bond donors (Lipinski definition) is 0. The number of piperidine rings is 1. The minimum atomic E-state index is -2.87. The zero-order valence-electron chi connectivity index (χ0n) is 10.5. The molecule has 2 heterocycles. The Hall–Kier alpha value is -1.10. The van der Waals surface area contributed by atoms with E-state index in [1.54, 1.807) is 6.07 Å². The van der Waals surface area contributed by atoms with Crippen LogP contribution in [0.15, 0.2) is 18.3 Å². The lowest BCUT2D eigenvalue weighted by molar-refractivity contribution is 0.0170. The summed E-state index contributed by atoms with van der Waals surface area (Å²) in [6.45, 7) is 1.22. The van der Waals surface area contributed by atoms with Crippen molar-refractivity contribution < 1.29 is 13.2 Å². The fourth-order valence-electron chi connectivity index (χ4n) is 2.33. The Balaban J connectivity index is 2.15. The Bertz CT molecular complexity index is 400. The van der Waals surface area contributed by atoms with E-state index in [1.165, 1.54) is 12.3 Å². The molecule has 0 bridgehead atoms. The van der Waals surface area contributed by atoms with E-state index in [1.807, 2.05) is 11.9 Å². The number of rotatable bonds is 2. The maximum absolute atomic E-state index is 13.2. The van der Waals surface area contributed by atoms with Crippen LogP contribution >= 0.6 is 0 Å². The zero-order valence-corrected chi connectivity index (χ0v) is 10.5. The molecular formula is C13H17F3N2. The molecule has 1 aliphatic heterocycles. The molecule has 2 atom stereocenters. The summed E-state index contributed by atoms with van der Waals surface area (Å²) in [7, 11) is 1.83. The lowest BCUT2D eigenvalue weighted by Gasteiger charge is -2.33. The highest BCUT2D eigenvalue weighted by atomic mass is 19.3. The zero-order chi connectivity index (χ0) is 13.3. The van der Waals surface area contributed by atoms with Gasteiger partial charge in [-0.25, -0.2) is 13.2 Å². The van der Waals surface area contributed by atoms with Crippen molar-refractivity contribution in [3.8, 4) is 0 Å². The molecule has 2 nitrogen and oxygen atoms in total. The van der Waals surface area contributed by atoms with E-state index in [0.717, 1.165) is 12.6 Å². The van der Waals surface area contributed by atoms with Crippen LogP contribution in [0.4, 0.5) is 13.2 Å². The molecule has 0 spiro atoms. The Kier molecular flexibility index (Phi) is 3.61. The van der Waals surface area contributed by atoms with Crippen LogP contribution in [0.2, 0.25) is 0 Å². The third kappa shape index (κ3) is 2.83. The minimum Gasteiger partial charge on any atom is -0.295 e. The van der Waals surface area contributed by atoms with Gasteiger partial charge in [-0.05, 0) is 32.0 Å². The van der Waals surface area contributed by atoms with Gasteiger partial charge in [0, 0.05) is 25.2 Å². The number of alkyl halides is 3. The van der Waals surface area contributed by atoms with Gasteiger partial charge in [-0.3, -0.25) is 9.88 Å². The number of likely N-dealkylation sites (tertiary alicyclic amines) is 1. The van der Waals surface area contributed by atoms with Crippen LogP contribution in [0.3, 0.4) is 0 Å². The molecule has 18 heavy (non-hydrogen) atoms. The summed E-state index contributed by atoms with van der Waals surface area (Å²) in [5, 5.41) is 0. The Labute approximate surface area is 105 Å². The Morgan fingerprint density at radius 3 is 2.56 bits per heavy atom. The van der Waals surface area contributed by atoms with Crippen LogP contribution in [0.25, 0.3) is 0 Å². The van der Waals surface area contributed by atoms with Crippen molar-refractivity contribution in [2.45, 2.75) is 37.9 Å². The summed E-state index contributed by atoms with van der Waals surface area (Å²) in [6, 6.07) is 3.04. The molecule has 1 aromatic rings. The second-order valence-corrected chi connectivity index (χ2v) is 4.99. The third-order valence-electron chi connectivity index (χ3n) is 3.41. The lowest BCUT2D eigenvalue weighted by Crippen LogP contribution is -2.36. The highest BCUT2D eigenvalue weighted by Crippen LogP contribution is 2.31. The second kappa shape index (κ2) is 4.88. The fourth-order valence-corrected chi connectivity index (χ4v) is 2.33. The van der Waals surface area contributed by atoms with E-state index in [9.17, 15) is 13.2 Å². The number of hydrogen-bond acceptors (Lipinski definition) is 2. The molecule has 1 aliphatic rings. The number of pyridine rings is 1. The smallest absolute Gasteiger partial charge is 0.272 e. The van der Waals surface area contributed by atoms with Gasteiger partial charge in [-0.1, -0.05) is 0 Å². The van der Waals surface area contributed by atoms with Gasteiger partial charge in [-0.2, -0.15) is 0 Å². The van der Waals surface area contributed by atoms with Crippen molar-refractivity contribution in [1.29, 1.82) is 0 Å². The molecule has 0 saturated carbocycles. The monoisotopic (exact) mass is 258 g/mol. The number of nitrogens with zero attached hydrogens (tertiary/aromatic N) is 2. The topological polar surface area (TPSA) is 16.1 Å². The molecule has 2 rings (SSSR count). The first-order valence-electron chi connectivity index (χ1n) is 6.06. The average Bonchev–Trinajstić information content (AvgIpc) is 2.28. The second-order valence-electron chi connectivity index (χ2n) is 4.99. The summed E-state index contributed by atoms with van der Waals surface area (Å²) in [4.78, 5) is 5.99. The average molecular weight is 258 g/mol. The Morgan fingerprint density at radius 2 is 2.06 bits per heavy atom. The number of halogens is 3. The van der Waals surface area contributed by atoms with Gasteiger partial charge < -0.3 is 0 Å². The summed E-state index contributed by atoms with van der Waals surface area (Å²) < 4.78 is 39.3. The number of aromatic nitrogens is 1. The van der Waals surface area contributed by atoms with Crippen molar-refractivity contribution in [3.05, 3.63) is 29.6 Å². The lowest BCUT2D eigenvalue weighted by atomic mass is 9.98. The molecule has 1 saturated heterocycles. The molecule has 1 fully saturated rings. The van der Waals surface area contributed by atoms with Gasteiger partial charge in [0.15, 0.2) is 0 Å². The normalized spacial score (nSPS) is 26.3. The third-order valence-corrected chi connectivity index (χ3v) is 3.41. The van der Waals surface area contributed by atoms with Crippen molar-refractivity contribution >= 4 is 0 Å². The van der Waals surface area contributed by atoms with Crippen LogP contribution in [-0.2, 0) is 5.92 Å². The highest BCUT2D eigenvalue weighted by molar-refractivity contribution is 5.20. The van der Waals surface area contributed by atoms with Crippen LogP contribution in [0.1, 0.15) is 37.1 Å². The van der Waals surface area contributed by atoms with E-state index < -0.39 is 12.1 Å². The van der Waals surface area contributed by atoms with Gasteiger partial charge in [-0.15, -0.1) is 0 Å². The quantitative estimate of drug-likeness (QED) is 0.809. The summed E-state index contributed by atoms with van der Waals surface area (Å²) >= 11 is 0. The van der Waals surface area contributed by atoms with Crippen molar-refractivity contribution in [2.75, 3.05) is 13.6 Å². The standard InChI is InChI=1S/C13H17F3N2/c1-13(15,16)9-3-5-11(17-7-9)12-6-4-10(14)8-18(12)2/h3,5,7,10,12H,4,6,8H2,1-2H3. The first-order chi connectivity index (χ1) is 8.38. The predicted molar refractivity (Wildman–Crippen MR) is 63.3 cm³/mol. The Morgan fingerprint density at radius 1 is 1.33 bits per heavy atom. The molecule has 0 aliphatic carbocycles. The van der Waals surface area contributed by atoms with Gasteiger partial charge >= 0.3 is 0 Å². The van der Waals surface area contributed by atoms with E-state index in [2.05, 4.69) is 4.98 Å². The van der Waals surface area contributed by atoms with Gasteiger partial charge in [0.05, 0.1) is 11.7 Å². The van der Waals surface area contributed by atoms with Crippen LogP contribution in [0, 0.1) is 0 Å². The molecule has 0 radical (unpaired) electrons. The maximum Gasteiger partial charge on any atom is 0.272 e. The molecule has 0 N–H and O–H groups in total. The van der Waals surface area contributed by atoms with Crippen molar-refractivity contribution in [2.24, 2.45) is 0 Å². The van der Waals surface area contributed by atoms with Gasteiger partial charge in [0.1, 0.15) is 6.17 Å². The molecule has 0 aromatic carbocycles. The van der Waals surface area contributed by atoms with Crippen molar-refractivity contribution in [1.82, 2.24) is 9.88 Å². The maximum atomic E-state index is 13.2. The van der Waals surface area contributed by atoms with E-state index in [0.29, 0.717) is 19.4 Å². The molecule has 2 unspecified atom stereocenters. The van der Waals surface area contributed by atoms with E-state index in [4.69, 9.17) is 0 Å². The summed E-state index contributed by atoms with van der Waals surface area (Å²) in [5.41, 5.74) is 0.644. The molecule has 1 aromatic heterocycles. The molecule has 100 valence electrons. The van der Waals surface area contributed by atoms with Crippen molar-refractivity contribution in [3.63, 3.8) is 0 Å². The van der Waals surface area contributed by atoms with Gasteiger partial charge in [0.25, 0.3) is 5.92 Å². The summed E-state index contributed by atoms with van der Waals surface area (Å²) in [5.74, 6) is -2.87. The largest absolute Gasteiger partial charge is 0.295 e. The van der Waals surface area contributed by atoms with Crippen LogP contribution < -0.4 is 0 Å². The molecule has 5 heteroatoms. The first-order valence-corrected chi connectivity index (χ1v) is 6.06.